The summed E-state index contributed by atoms with van der Waals surface area (Å²) in [5, 5.41) is 13.6. The molecule has 0 aliphatic carbocycles. The third kappa shape index (κ3) is 3120. The summed E-state index contributed by atoms with van der Waals surface area (Å²) in [6, 6.07) is 0. The number of hydrogen-bond acceptors (Lipinski definition) is 2. The second-order valence-corrected chi connectivity index (χ2v) is 0.238. The number of nitrogens with zero attached hydrogens (tertiary/aromatic N) is 1. The molecular weight excluding hydrogens is 142 g/mol. The van der Waals surface area contributed by atoms with Crippen molar-refractivity contribution in [2.24, 2.45) is 0 Å². The van der Waals surface area contributed by atoms with Crippen LogP contribution in [0.15, 0.2) is 0 Å². The molecule has 0 fully saturated rings. The summed E-state index contributed by atoms with van der Waals surface area (Å²) in [5.74, 6) is 0. The molecule has 6 nitrogen and oxygen atoms in total. The Morgan fingerprint density at radius 1 is 1.43 bits per heavy atom. The van der Waals surface area contributed by atoms with Gasteiger partial charge in [-0.05, 0) is 0 Å². The maximum absolute atomic E-state index is 8.36. The predicted octanol–water partition coefficient (Wildman–Crippen LogP) is -0.588. The number of hydrogen-bond donors (Lipinski definition) is 1. The average molecular weight is 143 g/mol. The van der Waals surface area contributed by atoms with E-state index in [4.69, 9.17) is 15.3 Å². The molecule has 40 valence electrons. The SMILES string of the molecule is O=[N+]([O-])O.[O-2].[O-2].[Ti+4]. The molecule has 0 amide bonds. The fraction of sp³-hybridized carbons (Fsp3) is 0. The van der Waals surface area contributed by atoms with E-state index in [-0.39, 0.29) is 32.7 Å². The summed E-state index contributed by atoms with van der Waals surface area (Å²) < 4.78 is 0. The molecule has 0 unspecified atom stereocenters. The first kappa shape index (κ1) is 29.0. The maximum atomic E-state index is 8.36. The maximum Gasteiger partial charge on any atom is 4.00 e. The van der Waals surface area contributed by atoms with Crippen LogP contribution in [0.5, 0.6) is 0 Å². The molecule has 7 heteroatoms. The monoisotopic (exact) mass is 143 g/mol. The fourth-order valence-electron chi connectivity index (χ4n) is 0. The van der Waals surface area contributed by atoms with Gasteiger partial charge in [0.05, 0.1) is 0 Å². The molecule has 0 spiro atoms. The van der Waals surface area contributed by atoms with Gasteiger partial charge in [-0.2, -0.15) is 0 Å². The first-order valence-corrected chi connectivity index (χ1v) is 0.565. The molecule has 0 atom stereocenters. The van der Waals surface area contributed by atoms with E-state index in [1.54, 1.807) is 0 Å². The van der Waals surface area contributed by atoms with Crippen molar-refractivity contribution in [2.45, 2.75) is 0 Å². The Hall–Kier alpha value is -0.166. The Morgan fingerprint density at radius 3 is 1.43 bits per heavy atom. The normalized spacial score (nSPS) is 3.43. The van der Waals surface area contributed by atoms with E-state index in [0.29, 0.717) is 0 Å². The van der Waals surface area contributed by atoms with Crippen molar-refractivity contribution in [3.63, 3.8) is 0 Å². The summed E-state index contributed by atoms with van der Waals surface area (Å²) in [4.78, 5) is 8.36. The first-order chi connectivity index (χ1) is 1.73. The fourth-order valence-corrected chi connectivity index (χ4v) is 0. The molecule has 0 aliphatic heterocycles. The smallest absolute Gasteiger partial charge is 2.00 e. The molecule has 7 heavy (non-hydrogen) atoms. The van der Waals surface area contributed by atoms with Gasteiger partial charge in [0, 0.05) is 0 Å². The molecule has 0 radical (unpaired) electrons. The van der Waals surface area contributed by atoms with Crippen LogP contribution in [-0.4, -0.2) is 10.3 Å². The van der Waals surface area contributed by atoms with Gasteiger partial charge < -0.3 is 16.2 Å². The molecule has 0 saturated carbocycles. The van der Waals surface area contributed by atoms with Crippen LogP contribution in [0.25, 0.3) is 0 Å². The summed E-state index contributed by atoms with van der Waals surface area (Å²) in [6.07, 6.45) is 0. The molecule has 0 saturated heterocycles. The Bertz CT molecular complexity index is 31.1. The minimum Gasteiger partial charge on any atom is -2.00 e. The Labute approximate surface area is 53.7 Å². The second kappa shape index (κ2) is 17.0. The predicted molar refractivity (Wildman–Crippen MR) is 10.2 cm³/mol. The molecular formula is HNO5Ti. The molecule has 0 aromatic heterocycles. The van der Waals surface area contributed by atoms with Crippen molar-refractivity contribution in [1.82, 2.24) is 0 Å². The Morgan fingerprint density at radius 2 is 1.43 bits per heavy atom. The van der Waals surface area contributed by atoms with Gasteiger partial charge in [-0.15, -0.1) is 10.1 Å². The van der Waals surface area contributed by atoms with Crippen molar-refractivity contribution >= 4 is 0 Å². The van der Waals surface area contributed by atoms with Gasteiger partial charge in [-0.1, -0.05) is 0 Å². The van der Waals surface area contributed by atoms with Crippen molar-refractivity contribution in [3.8, 4) is 0 Å². The topological polar surface area (TPSA) is 120 Å². The zero-order valence-electron chi connectivity index (χ0n) is 3.03. The van der Waals surface area contributed by atoms with E-state index in [1.807, 2.05) is 0 Å². The van der Waals surface area contributed by atoms with E-state index >= 15 is 0 Å². The first-order valence-electron chi connectivity index (χ1n) is 0.565. The van der Waals surface area contributed by atoms with Gasteiger partial charge in [-0.25, -0.2) is 0 Å². The van der Waals surface area contributed by atoms with Crippen LogP contribution in [0.2, 0.25) is 0 Å². The van der Waals surface area contributed by atoms with Crippen LogP contribution in [-0.2, 0) is 32.7 Å². The second-order valence-electron chi connectivity index (χ2n) is 0.238. The van der Waals surface area contributed by atoms with Crippen molar-refractivity contribution in [3.05, 3.63) is 10.1 Å². The average Bonchev–Trinajstić information content (AvgIpc) is 0.811. The molecule has 0 bridgehead atoms. The quantitative estimate of drug-likeness (QED) is 0.277. The van der Waals surface area contributed by atoms with Crippen LogP contribution in [0.4, 0.5) is 0 Å². The van der Waals surface area contributed by atoms with Crippen LogP contribution < -0.4 is 0 Å². The van der Waals surface area contributed by atoms with E-state index < -0.39 is 5.09 Å². The summed E-state index contributed by atoms with van der Waals surface area (Å²) >= 11 is 0. The summed E-state index contributed by atoms with van der Waals surface area (Å²) in [6.45, 7) is 0. The standard InChI is InChI=1S/HNO3.2O.Ti/c2-1(3)4;;;/h(H,2,3,4);;;/q;2*-2;+4. The van der Waals surface area contributed by atoms with Gasteiger partial charge in [0.2, 0.25) is 0 Å². The zero-order valence-corrected chi connectivity index (χ0v) is 4.59. The van der Waals surface area contributed by atoms with Crippen LogP contribution in [0, 0.1) is 10.1 Å². The van der Waals surface area contributed by atoms with E-state index in [2.05, 4.69) is 0 Å². The molecule has 0 aromatic rings. The van der Waals surface area contributed by atoms with Crippen molar-refractivity contribution in [1.29, 1.82) is 0 Å². The third-order valence-electron chi connectivity index (χ3n) is 0. The molecule has 1 N–H and O–H groups in total. The summed E-state index contributed by atoms with van der Waals surface area (Å²) in [7, 11) is 0. The summed E-state index contributed by atoms with van der Waals surface area (Å²) in [5.41, 5.74) is 0. The molecule has 0 heterocycles. The molecule has 0 aliphatic rings. The van der Waals surface area contributed by atoms with Gasteiger partial charge in [-0.3, -0.25) is 0 Å². The largest absolute Gasteiger partial charge is 4.00 e. The third-order valence-corrected chi connectivity index (χ3v) is 0. The van der Waals surface area contributed by atoms with Gasteiger partial charge in [0.1, 0.15) is 0 Å². The molecule has 0 aromatic carbocycles. The van der Waals surface area contributed by atoms with Gasteiger partial charge in [0.25, 0.3) is 5.09 Å². The zero-order chi connectivity index (χ0) is 3.58. The van der Waals surface area contributed by atoms with E-state index in [0.717, 1.165) is 0 Å². The van der Waals surface area contributed by atoms with Crippen LogP contribution >= 0.6 is 0 Å². The van der Waals surface area contributed by atoms with Crippen molar-refractivity contribution in [2.75, 3.05) is 0 Å². The van der Waals surface area contributed by atoms with E-state index in [1.165, 1.54) is 0 Å². The van der Waals surface area contributed by atoms with Crippen LogP contribution in [0.1, 0.15) is 0 Å². The van der Waals surface area contributed by atoms with Gasteiger partial charge >= 0.3 is 21.7 Å². The van der Waals surface area contributed by atoms with E-state index in [9.17, 15) is 0 Å². The Balaban J connectivity index is -0.0000000150. The Kier molecular flexibility index (Phi) is 70.2. The van der Waals surface area contributed by atoms with Gasteiger partial charge in [0.15, 0.2) is 0 Å². The minimum atomic E-state index is -1.50. The number of rotatable bonds is 0. The minimum absolute atomic E-state index is 0. The van der Waals surface area contributed by atoms with Crippen molar-refractivity contribution < 1.29 is 43.0 Å². The van der Waals surface area contributed by atoms with Crippen LogP contribution in [0.3, 0.4) is 0 Å². The molecule has 0 rings (SSSR count).